The number of piperidine rings is 2. The number of alkyl carbamates (subject to hydrolysis) is 1. The smallest absolute Gasteiger partial charge is 0.410 e. The van der Waals surface area contributed by atoms with Crippen LogP contribution in [-0.2, 0) is 39.9 Å². The standard InChI is InChI=1S/C25H40N2O6Si.C17H34N2O4Si.2CH4/c1-25(2,3)33-24(30)27-13-12-21(26-23(29)32-18-19-10-8-7-9-11-19)20(17-27)16-22(28)31-14-15-34(4,5)6;1-17(2,3)23-16(21)19-8-7-14(18)13(12-19)11-15(20)22-9-10-24(4,5)6;;/h7-11,20-21H,12-18H2,1-6H3,(H,26,29);13-14H,7-12,18H2,1-6H3;2*1H4/t20-,21+;13-,14+;;/m00../s1. The third kappa shape index (κ3) is 24.6. The molecule has 60 heavy (non-hydrogen) atoms. The first kappa shape index (κ1) is 56.4. The van der Waals surface area contributed by atoms with Crippen LogP contribution in [0.5, 0.6) is 0 Å². The lowest BCUT2D eigenvalue weighted by molar-refractivity contribution is -0.145. The fourth-order valence-corrected chi connectivity index (χ4v) is 7.51. The van der Waals surface area contributed by atoms with E-state index in [0.717, 1.165) is 17.7 Å². The van der Waals surface area contributed by atoms with Gasteiger partial charge < -0.3 is 44.5 Å². The Hall–Kier alpha value is -3.64. The number of esters is 2. The number of nitrogens with one attached hydrogen (secondary N) is 1. The zero-order chi connectivity index (χ0) is 43.9. The summed E-state index contributed by atoms with van der Waals surface area (Å²) >= 11 is 0. The van der Waals surface area contributed by atoms with Gasteiger partial charge in [-0.2, -0.15) is 0 Å². The average molecular weight is 883 g/mol. The highest BCUT2D eigenvalue weighted by atomic mass is 28.3. The topological polar surface area (TPSA) is 176 Å². The van der Waals surface area contributed by atoms with Crippen molar-refractivity contribution in [1.29, 1.82) is 0 Å². The molecule has 0 bridgehead atoms. The van der Waals surface area contributed by atoms with Gasteiger partial charge in [-0.1, -0.05) is 84.5 Å². The van der Waals surface area contributed by atoms with Crippen LogP contribution in [0, 0.1) is 11.8 Å². The van der Waals surface area contributed by atoms with E-state index in [-0.39, 0.29) is 76.3 Å². The average Bonchev–Trinajstić information content (AvgIpc) is 3.07. The second-order valence-corrected chi connectivity index (χ2v) is 31.1. The Morgan fingerprint density at radius 1 is 0.683 bits per heavy atom. The number of carbonyl (C=O) groups is 5. The number of rotatable bonds is 13. The molecule has 2 saturated heterocycles. The van der Waals surface area contributed by atoms with Crippen LogP contribution in [-0.4, -0.2) is 119 Å². The maximum absolute atomic E-state index is 12.6. The number of nitrogens with two attached hydrogens (primary N) is 1. The lowest BCUT2D eigenvalue weighted by Gasteiger charge is -2.38. The van der Waals surface area contributed by atoms with Crippen molar-refractivity contribution in [3.63, 3.8) is 0 Å². The van der Waals surface area contributed by atoms with Gasteiger partial charge >= 0.3 is 30.2 Å². The summed E-state index contributed by atoms with van der Waals surface area (Å²) in [5.41, 5.74) is 5.89. The Morgan fingerprint density at radius 3 is 1.57 bits per heavy atom. The van der Waals surface area contributed by atoms with E-state index in [0.29, 0.717) is 52.2 Å². The Morgan fingerprint density at radius 2 is 1.12 bits per heavy atom. The van der Waals surface area contributed by atoms with Crippen LogP contribution in [0.3, 0.4) is 0 Å². The van der Waals surface area contributed by atoms with Crippen LogP contribution < -0.4 is 11.1 Å². The molecular formula is C44H82N4O10Si2. The zero-order valence-electron chi connectivity index (χ0n) is 37.4. The minimum absolute atomic E-state index is 0. The summed E-state index contributed by atoms with van der Waals surface area (Å²) in [5.74, 6) is -0.922. The molecule has 16 heteroatoms. The fourth-order valence-electron chi connectivity index (χ4n) is 6.08. The predicted octanol–water partition coefficient (Wildman–Crippen LogP) is 8.92. The number of benzene rings is 1. The molecule has 0 unspecified atom stereocenters. The summed E-state index contributed by atoms with van der Waals surface area (Å²) < 4.78 is 27.1. The number of likely N-dealkylation sites (tertiary alicyclic amines) is 2. The van der Waals surface area contributed by atoms with Gasteiger partial charge in [-0.05, 0) is 72.0 Å². The van der Waals surface area contributed by atoms with E-state index < -0.39 is 39.5 Å². The van der Waals surface area contributed by atoms with Crippen molar-refractivity contribution in [2.24, 2.45) is 17.6 Å². The van der Waals surface area contributed by atoms with Gasteiger partial charge in [0.15, 0.2) is 0 Å². The Bertz CT molecular complexity index is 1470. The highest BCUT2D eigenvalue weighted by molar-refractivity contribution is 6.76. The molecule has 1 aromatic carbocycles. The molecule has 0 aromatic heterocycles. The van der Waals surface area contributed by atoms with Crippen molar-refractivity contribution in [2.45, 2.75) is 163 Å². The first-order valence-electron chi connectivity index (χ1n) is 20.7. The monoisotopic (exact) mass is 883 g/mol. The highest BCUT2D eigenvalue weighted by Crippen LogP contribution is 2.25. The number of amides is 3. The number of carbonyl (C=O) groups excluding carboxylic acids is 5. The maximum Gasteiger partial charge on any atom is 0.410 e. The van der Waals surface area contributed by atoms with E-state index >= 15 is 0 Å². The largest absolute Gasteiger partial charge is 0.466 e. The molecule has 1 aromatic rings. The maximum atomic E-state index is 12.6. The summed E-state index contributed by atoms with van der Waals surface area (Å²) in [4.78, 5) is 65.1. The van der Waals surface area contributed by atoms with Crippen molar-refractivity contribution in [3.05, 3.63) is 35.9 Å². The first-order valence-corrected chi connectivity index (χ1v) is 28.1. The lowest BCUT2D eigenvalue weighted by Crippen LogP contribution is -2.53. The van der Waals surface area contributed by atoms with Crippen LogP contribution in [0.1, 0.15) is 87.6 Å². The molecule has 346 valence electrons. The molecule has 2 heterocycles. The molecule has 14 nitrogen and oxygen atoms in total. The quantitative estimate of drug-likeness (QED) is 0.110. The molecule has 0 spiro atoms. The molecule has 0 aliphatic carbocycles. The van der Waals surface area contributed by atoms with Crippen molar-refractivity contribution in [3.8, 4) is 0 Å². The summed E-state index contributed by atoms with van der Waals surface area (Å²) in [5, 5.41) is 2.89. The Balaban J connectivity index is 0.00000119. The number of hydrogen-bond acceptors (Lipinski definition) is 11. The summed E-state index contributed by atoms with van der Waals surface area (Å²) in [6.07, 6.45) is 0.220. The second kappa shape index (κ2) is 25.3. The van der Waals surface area contributed by atoms with Gasteiger partial charge in [0.25, 0.3) is 0 Å². The van der Waals surface area contributed by atoms with Gasteiger partial charge in [0.2, 0.25) is 0 Å². The Labute approximate surface area is 364 Å². The molecule has 0 radical (unpaired) electrons. The molecule has 2 aliphatic rings. The van der Waals surface area contributed by atoms with Crippen LogP contribution in [0.4, 0.5) is 14.4 Å². The summed E-state index contributed by atoms with van der Waals surface area (Å²) in [6, 6.07) is 10.9. The van der Waals surface area contributed by atoms with Crippen LogP contribution in [0.15, 0.2) is 30.3 Å². The number of ether oxygens (including phenoxy) is 5. The van der Waals surface area contributed by atoms with E-state index in [1.54, 1.807) is 9.80 Å². The molecule has 3 N–H and O–H groups in total. The van der Waals surface area contributed by atoms with Gasteiger partial charge in [-0.15, -0.1) is 0 Å². The first-order chi connectivity index (χ1) is 26.7. The molecule has 0 saturated carbocycles. The summed E-state index contributed by atoms with van der Waals surface area (Å²) in [7, 11) is -2.53. The molecular weight excluding hydrogens is 801 g/mol. The normalized spacial score (nSPS) is 19.5. The Kier molecular flexibility index (Phi) is 23.8. The molecule has 3 amide bonds. The molecule has 2 aliphatic heterocycles. The minimum atomic E-state index is -1.32. The van der Waals surface area contributed by atoms with Gasteiger partial charge in [0.1, 0.15) is 17.8 Å². The lowest BCUT2D eigenvalue weighted by atomic mass is 9.89. The SMILES string of the molecule is C.C.CC(C)(C)OC(=O)N1CC[C@@H](N)[C@@H](CC(=O)OCC[Si](C)(C)C)C1.CC(C)(C)OC(=O)N1CC[C@@H](NC(=O)OCc2ccccc2)[C@@H](CC(=O)OCC[Si](C)(C)C)C1. The zero-order valence-corrected chi connectivity index (χ0v) is 39.4. The van der Waals surface area contributed by atoms with Crippen LogP contribution in [0.25, 0.3) is 0 Å². The van der Waals surface area contributed by atoms with E-state index in [1.165, 1.54) is 0 Å². The molecule has 2 fully saturated rings. The van der Waals surface area contributed by atoms with Crippen LogP contribution in [0.2, 0.25) is 51.4 Å². The van der Waals surface area contributed by atoms with Gasteiger partial charge in [-0.25, -0.2) is 14.4 Å². The predicted molar refractivity (Wildman–Crippen MR) is 244 cm³/mol. The van der Waals surface area contributed by atoms with Crippen molar-refractivity contribution in [1.82, 2.24) is 15.1 Å². The number of hydrogen-bond donors (Lipinski definition) is 2. The molecule has 3 rings (SSSR count). The minimum Gasteiger partial charge on any atom is -0.466 e. The number of nitrogens with zero attached hydrogens (tertiary/aromatic N) is 2. The molecule has 4 atom stereocenters. The third-order valence-corrected chi connectivity index (χ3v) is 12.8. The summed E-state index contributed by atoms with van der Waals surface area (Å²) in [6.45, 7) is 27.1. The third-order valence-electron chi connectivity index (χ3n) is 9.43. The van der Waals surface area contributed by atoms with Crippen molar-refractivity contribution >= 4 is 46.4 Å². The van der Waals surface area contributed by atoms with E-state index in [9.17, 15) is 24.0 Å². The van der Waals surface area contributed by atoms with Crippen molar-refractivity contribution < 1.29 is 47.7 Å². The van der Waals surface area contributed by atoms with Crippen molar-refractivity contribution in [2.75, 3.05) is 39.4 Å². The second-order valence-electron chi connectivity index (χ2n) is 19.9. The van der Waals surface area contributed by atoms with E-state index in [4.69, 9.17) is 29.4 Å². The van der Waals surface area contributed by atoms with Gasteiger partial charge in [0.05, 0.1) is 26.1 Å². The fraction of sp³-hybridized carbons (Fsp3) is 0.750. The highest BCUT2D eigenvalue weighted by Gasteiger charge is 2.37. The van der Waals surface area contributed by atoms with Gasteiger partial charge in [-0.3, -0.25) is 9.59 Å². The van der Waals surface area contributed by atoms with Crippen LogP contribution >= 0.6 is 0 Å². The van der Waals surface area contributed by atoms with Gasteiger partial charge in [0, 0.05) is 66.2 Å². The van der Waals surface area contributed by atoms with E-state index in [2.05, 4.69) is 44.6 Å². The van der Waals surface area contributed by atoms with E-state index in [1.807, 2.05) is 71.9 Å².